The van der Waals surface area contributed by atoms with E-state index in [1.165, 1.54) is 19.6 Å². The van der Waals surface area contributed by atoms with E-state index >= 15 is 0 Å². The molecule has 0 spiro atoms. The molecule has 2 heterocycles. The number of halogens is 1. The van der Waals surface area contributed by atoms with E-state index in [9.17, 15) is 38.4 Å². The molecule has 3 aromatic rings. The van der Waals surface area contributed by atoms with Gasteiger partial charge in [-0.2, -0.15) is 4.98 Å². The number of aromatic amines is 1. The Hall–Kier alpha value is -7.66. The van der Waals surface area contributed by atoms with Gasteiger partial charge in [-0.3, -0.25) is 43.8 Å². The highest BCUT2D eigenvalue weighted by molar-refractivity contribution is 9.10. The lowest BCUT2D eigenvalue weighted by molar-refractivity contribution is -0.136. The predicted molar refractivity (Wildman–Crippen MR) is 276 cm³/mol. The van der Waals surface area contributed by atoms with E-state index in [0.717, 1.165) is 31.4 Å². The Morgan fingerprint density at radius 3 is 2.09 bits per heavy atom. The topological polar surface area (TPSA) is 392 Å². The molecular weight excluding hydrogens is 1050 g/mol. The Balaban J connectivity index is 1.06. The number of aromatic nitrogens is 4. The number of hydrogen-bond acceptors (Lipinski definition) is 17. The lowest BCUT2D eigenvalue weighted by atomic mass is 9.84. The van der Waals surface area contributed by atoms with Gasteiger partial charge in [-0.15, -0.1) is 0 Å². The number of rotatable bonds is 35. The summed E-state index contributed by atoms with van der Waals surface area (Å²) in [6, 6.07) is 4.83. The zero-order valence-corrected chi connectivity index (χ0v) is 43.5. The normalized spacial score (nSPS) is 12.6. The summed E-state index contributed by atoms with van der Waals surface area (Å²) >= 11 is 3.48. The number of hydrogen-bond donors (Lipinski definition) is 13. The van der Waals surface area contributed by atoms with Crippen molar-refractivity contribution in [2.24, 2.45) is 11.7 Å². The molecule has 2 atom stereocenters. The van der Waals surface area contributed by atoms with Crippen molar-refractivity contribution in [1.82, 2.24) is 67.4 Å². The molecule has 75 heavy (non-hydrogen) atoms. The van der Waals surface area contributed by atoms with Crippen molar-refractivity contribution in [3.05, 3.63) is 53.2 Å². The number of H-pyrrole nitrogens is 1. The van der Waals surface area contributed by atoms with Gasteiger partial charge in [0.2, 0.25) is 53.2 Å². The number of nitrogens with zero attached hydrogens (tertiary/aromatic N) is 4. The molecule has 1 saturated carbocycles. The van der Waals surface area contributed by atoms with Crippen LogP contribution in [-0.2, 0) is 54.3 Å². The van der Waals surface area contributed by atoms with E-state index in [-0.39, 0.29) is 83.1 Å². The van der Waals surface area contributed by atoms with Gasteiger partial charge in [0.15, 0.2) is 5.96 Å². The number of ether oxygens (including phenoxy) is 3. The number of likely N-dealkylation sites (N-methyl/N-ethyl adjacent to an activating group) is 1. The maximum Gasteiger partial charge on any atom is 0.246 e. The van der Waals surface area contributed by atoms with Crippen LogP contribution in [0.1, 0.15) is 44.2 Å². The first kappa shape index (κ1) is 59.9. The summed E-state index contributed by atoms with van der Waals surface area (Å²) in [6.07, 6.45) is 8.69. The number of benzene rings is 1. The van der Waals surface area contributed by atoms with E-state index in [4.69, 9.17) is 25.4 Å². The average Bonchev–Trinajstić information content (AvgIpc) is 3.90. The van der Waals surface area contributed by atoms with E-state index in [1.54, 1.807) is 35.4 Å². The van der Waals surface area contributed by atoms with Crippen molar-refractivity contribution < 1.29 is 52.6 Å². The zero-order chi connectivity index (χ0) is 54.4. The third-order valence-corrected chi connectivity index (χ3v) is 11.6. The number of anilines is 3. The number of nitrogens with two attached hydrogens (primary N) is 1. The first-order chi connectivity index (χ1) is 36.1. The number of carbonyl (C=O) groups excluding carboxylic acids is 8. The van der Waals surface area contributed by atoms with Crippen LogP contribution in [0, 0.1) is 11.3 Å². The summed E-state index contributed by atoms with van der Waals surface area (Å²) < 4.78 is 17.0. The number of guanidine groups is 1. The molecule has 2 aromatic heterocycles. The highest BCUT2D eigenvalue weighted by Crippen LogP contribution is 2.28. The molecule has 1 aromatic carbocycles. The van der Waals surface area contributed by atoms with Crippen molar-refractivity contribution in [2.45, 2.75) is 57.0 Å². The van der Waals surface area contributed by atoms with Crippen molar-refractivity contribution in [3.8, 4) is 5.75 Å². The highest BCUT2D eigenvalue weighted by atomic mass is 79.9. The standard InChI is InChI=1S/C46H68BrN17O11/c1-50-36(65)23-56-43(71)35(20-31-21-51-28-59-31)62-38(67)25-57-42(70)34(8-4-13-54-45(48)49)61-37(66)24-55-40(69)27-74-19-18-73-26-39(68)52-15-17-75-32-11-9-30(10-12-32)60-46-58-22-33(47)41(63-46)53-14-5-16-64(2)44(72)29-6-3-7-29/h9-12,21-22,28-29,34-35H,3-8,13-20,23-27H2,1-2H3,(H,50,65)(H,51,59)(H,52,68)(H,55,69)(H,56,71)(H,57,70)(H,61,66)(H,62,67)(H4,48,49,54)(H2,53,58,60,63)/t34-,35-/m0/s1. The fourth-order valence-electron chi connectivity index (χ4n) is 6.79. The van der Waals surface area contributed by atoms with Gasteiger partial charge in [0.05, 0.1) is 50.2 Å². The Kier molecular flexibility index (Phi) is 26.5. The van der Waals surface area contributed by atoms with Crippen LogP contribution in [0.3, 0.4) is 0 Å². The summed E-state index contributed by atoms with van der Waals surface area (Å²) in [7, 11) is 3.25. The summed E-state index contributed by atoms with van der Waals surface area (Å²) in [4.78, 5) is 118. The van der Waals surface area contributed by atoms with Gasteiger partial charge in [0, 0.05) is 69.8 Å². The molecule has 1 fully saturated rings. The van der Waals surface area contributed by atoms with Crippen LogP contribution in [0.25, 0.3) is 0 Å². The molecular formula is C46H68BrN17O11. The van der Waals surface area contributed by atoms with Crippen molar-refractivity contribution >= 4 is 86.6 Å². The number of imidazole rings is 1. The number of amides is 8. The average molecular weight is 1120 g/mol. The minimum absolute atomic E-state index is 0.000225. The van der Waals surface area contributed by atoms with Crippen LogP contribution in [0.4, 0.5) is 17.5 Å². The second-order valence-corrected chi connectivity index (χ2v) is 17.8. The first-order valence-corrected chi connectivity index (χ1v) is 25.0. The summed E-state index contributed by atoms with van der Waals surface area (Å²) in [5, 5.41) is 33.7. The molecule has 4 rings (SSSR count). The summed E-state index contributed by atoms with van der Waals surface area (Å²) in [6.45, 7) is -0.286. The second-order valence-electron chi connectivity index (χ2n) is 16.9. The van der Waals surface area contributed by atoms with Crippen molar-refractivity contribution in [3.63, 3.8) is 0 Å². The smallest absolute Gasteiger partial charge is 0.246 e. The molecule has 410 valence electrons. The van der Waals surface area contributed by atoms with Gasteiger partial charge < -0.3 is 83.0 Å². The Morgan fingerprint density at radius 2 is 1.45 bits per heavy atom. The maximum absolute atomic E-state index is 13.2. The molecule has 14 N–H and O–H groups in total. The SMILES string of the molecule is CNC(=O)CNC(=O)[C@H](Cc1cnc[nH]1)NC(=O)CNC(=O)[C@H](CCCNC(=N)N)NC(=O)CNC(=O)COCCOCC(=O)NCCOc1ccc(Nc2ncc(Br)c(NCCCN(C)C(=O)C3CCC3)n2)cc1. The van der Waals surface area contributed by atoms with Crippen LogP contribution in [0.15, 0.2) is 47.5 Å². The molecule has 0 saturated heterocycles. The Morgan fingerprint density at radius 1 is 0.800 bits per heavy atom. The fourth-order valence-corrected chi connectivity index (χ4v) is 7.12. The van der Waals surface area contributed by atoms with E-state index in [1.807, 2.05) is 7.05 Å². The molecule has 0 bridgehead atoms. The third-order valence-electron chi connectivity index (χ3n) is 11.0. The van der Waals surface area contributed by atoms with E-state index < -0.39 is 73.1 Å². The van der Waals surface area contributed by atoms with Gasteiger partial charge in [0.25, 0.3) is 0 Å². The first-order valence-electron chi connectivity index (χ1n) is 24.2. The van der Waals surface area contributed by atoms with Crippen molar-refractivity contribution in [1.29, 1.82) is 5.41 Å². The lowest BCUT2D eigenvalue weighted by Crippen LogP contribution is -2.54. The summed E-state index contributed by atoms with van der Waals surface area (Å²) in [5.41, 5.74) is 6.58. The quantitative estimate of drug-likeness (QED) is 0.0170. The number of nitrogens with one attached hydrogen (secondary N) is 12. The lowest BCUT2D eigenvalue weighted by Gasteiger charge is -2.29. The second kappa shape index (κ2) is 33.2. The van der Waals surface area contributed by atoms with Crippen LogP contribution in [0.5, 0.6) is 5.75 Å². The van der Waals surface area contributed by atoms with Gasteiger partial charge in [-0.05, 0) is 72.3 Å². The molecule has 0 radical (unpaired) electrons. The van der Waals surface area contributed by atoms with Gasteiger partial charge >= 0.3 is 0 Å². The van der Waals surface area contributed by atoms with Crippen LogP contribution < -0.4 is 63.6 Å². The fraction of sp³-hybridized carbons (Fsp3) is 0.522. The Bertz CT molecular complexity index is 2340. The largest absolute Gasteiger partial charge is 0.492 e. The van der Waals surface area contributed by atoms with E-state index in [0.29, 0.717) is 40.8 Å². The highest BCUT2D eigenvalue weighted by Gasteiger charge is 2.28. The van der Waals surface area contributed by atoms with Crippen LogP contribution in [-0.4, -0.2) is 183 Å². The third kappa shape index (κ3) is 23.8. The summed E-state index contributed by atoms with van der Waals surface area (Å²) in [5.74, 6) is -2.67. The minimum Gasteiger partial charge on any atom is -0.492 e. The molecule has 8 amide bonds. The van der Waals surface area contributed by atoms with Gasteiger partial charge in [-0.1, -0.05) is 6.42 Å². The zero-order valence-electron chi connectivity index (χ0n) is 41.9. The Labute approximate surface area is 441 Å². The molecule has 0 aliphatic heterocycles. The van der Waals surface area contributed by atoms with Gasteiger partial charge in [-0.25, -0.2) is 9.97 Å². The van der Waals surface area contributed by atoms with Crippen molar-refractivity contribution in [2.75, 3.05) is 104 Å². The maximum atomic E-state index is 13.2. The molecule has 0 unspecified atom stereocenters. The monoisotopic (exact) mass is 1110 g/mol. The molecule has 1 aliphatic rings. The van der Waals surface area contributed by atoms with Crippen LogP contribution in [0.2, 0.25) is 0 Å². The number of carbonyl (C=O) groups is 8. The minimum atomic E-state index is -1.17. The molecule has 28 nitrogen and oxygen atoms in total. The molecule has 1 aliphatic carbocycles. The van der Waals surface area contributed by atoms with Crippen LogP contribution >= 0.6 is 15.9 Å². The molecule has 29 heteroatoms. The van der Waals surface area contributed by atoms with E-state index in [2.05, 4.69) is 89.0 Å². The van der Waals surface area contributed by atoms with Gasteiger partial charge in [0.1, 0.15) is 43.5 Å². The predicted octanol–water partition coefficient (Wildman–Crippen LogP) is -2.14.